The second-order valence-corrected chi connectivity index (χ2v) is 18.6. The van der Waals surface area contributed by atoms with Gasteiger partial charge in [-0.3, -0.25) is 0 Å². The van der Waals surface area contributed by atoms with Gasteiger partial charge in [-0.2, -0.15) is 0 Å². The molecule has 0 aliphatic heterocycles. The molecule has 0 saturated heterocycles. The number of esters is 2. The summed E-state index contributed by atoms with van der Waals surface area (Å²) < 4.78 is 10.6. The first-order valence-electron chi connectivity index (χ1n) is 22.7. The Hall–Kier alpha value is -8.56. The summed E-state index contributed by atoms with van der Waals surface area (Å²) in [5.74, 6) is -0.0509. The molecular weight excluding hydrogens is 901 g/mol. The average Bonchev–Trinajstić information content (AvgIpc) is 4.09. The van der Waals surface area contributed by atoms with Crippen molar-refractivity contribution in [3.8, 4) is 32.4 Å². The van der Waals surface area contributed by atoms with Gasteiger partial charge in [0.05, 0.1) is 0 Å². The lowest BCUT2D eigenvalue weighted by Crippen LogP contribution is -2.10. The first-order valence-corrected chi connectivity index (χ1v) is 24.3. The number of rotatable bonds is 16. The number of anilines is 6. The quantitative estimate of drug-likeness (QED) is 0.0546. The molecule has 0 fully saturated rings. The molecule has 0 amide bonds. The van der Waals surface area contributed by atoms with Crippen molar-refractivity contribution in [2.75, 3.05) is 9.80 Å². The highest BCUT2D eigenvalue weighted by atomic mass is 32.1. The van der Waals surface area contributed by atoms with Crippen LogP contribution < -0.4 is 19.3 Å². The van der Waals surface area contributed by atoms with Crippen LogP contribution in [0.15, 0.2) is 219 Å². The predicted octanol–water partition coefficient (Wildman–Crippen LogP) is 17.2. The highest BCUT2D eigenvalue weighted by molar-refractivity contribution is 7.16. The molecule has 0 spiro atoms. The van der Waals surface area contributed by atoms with Gasteiger partial charge in [0.25, 0.3) is 0 Å². The van der Waals surface area contributed by atoms with Gasteiger partial charge in [-0.15, -0.1) is 22.7 Å². The first kappa shape index (κ1) is 46.5. The van der Waals surface area contributed by atoms with Crippen LogP contribution in [0.3, 0.4) is 0 Å². The van der Waals surface area contributed by atoms with Crippen molar-refractivity contribution in [1.29, 1.82) is 0 Å². The monoisotopic (exact) mass is 948 g/mol. The molecule has 0 saturated carbocycles. The predicted molar refractivity (Wildman–Crippen MR) is 294 cm³/mol. The zero-order valence-electron chi connectivity index (χ0n) is 38.7. The summed E-state index contributed by atoms with van der Waals surface area (Å²) in [5, 5.41) is 0. The normalized spacial score (nSPS) is 11.1. The topological polar surface area (TPSA) is 59.1 Å². The molecule has 2 heterocycles. The summed E-state index contributed by atoms with van der Waals surface area (Å²) in [6.45, 7) is 11.1. The van der Waals surface area contributed by atoms with Crippen molar-refractivity contribution in [1.82, 2.24) is 0 Å². The third-order valence-corrected chi connectivity index (χ3v) is 13.6. The Balaban J connectivity index is 0.828. The summed E-state index contributed by atoms with van der Waals surface area (Å²) in [5.41, 5.74) is 12.9. The fourth-order valence-electron chi connectivity index (χ4n) is 7.74. The van der Waals surface area contributed by atoms with Crippen LogP contribution in [0.2, 0.25) is 0 Å². The highest BCUT2D eigenvalue weighted by Crippen LogP contribution is 2.40. The standard InChI is InChI=1S/C62H48N2O4S2/c1-5-61(65)67-55-33-29-53(30-34-55)63(49-21-7-43(3)8-22-49)51-25-17-47(18-26-51)59-41-39-57(69-59)37-15-45-11-13-46(14-12-45)16-38-58-40-42-60(70-58)48-19-27-52(28-20-48)64(50-23-9-44(4)10-24-50)54-31-35-56(36-32-54)68-62(66)6-2/h5-42H,1-2H2,3-4H3. The largest absolute Gasteiger partial charge is 0.423 e. The molecule has 0 bridgehead atoms. The van der Waals surface area contributed by atoms with Crippen LogP contribution in [0.1, 0.15) is 32.0 Å². The minimum Gasteiger partial charge on any atom is -0.423 e. The van der Waals surface area contributed by atoms with E-state index >= 15 is 0 Å². The second kappa shape index (κ2) is 21.6. The van der Waals surface area contributed by atoms with Crippen molar-refractivity contribution in [2.24, 2.45) is 0 Å². The number of hydrogen-bond acceptors (Lipinski definition) is 8. The van der Waals surface area contributed by atoms with Crippen LogP contribution in [-0.2, 0) is 9.59 Å². The first-order chi connectivity index (χ1) is 34.2. The van der Waals surface area contributed by atoms with Gasteiger partial charge in [-0.1, -0.05) is 109 Å². The number of nitrogens with zero attached hydrogens (tertiary/aromatic N) is 2. The Morgan fingerprint density at radius 3 is 1.00 bits per heavy atom. The summed E-state index contributed by atoms with van der Waals surface area (Å²) in [4.78, 5) is 32.6. The number of thiophene rings is 2. The van der Waals surface area contributed by atoms with E-state index in [0.717, 1.165) is 68.5 Å². The minimum atomic E-state index is -0.489. The number of carbonyl (C=O) groups is 2. The summed E-state index contributed by atoms with van der Waals surface area (Å²) in [6.07, 6.45) is 11.0. The van der Waals surface area contributed by atoms with Gasteiger partial charge in [-0.05, 0) is 170 Å². The minimum absolute atomic E-state index is 0.464. The second-order valence-electron chi connectivity index (χ2n) is 16.4. The van der Waals surface area contributed by atoms with Gasteiger partial charge in [0, 0.05) is 65.8 Å². The summed E-state index contributed by atoms with van der Waals surface area (Å²) in [6, 6.07) is 66.3. The summed E-state index contributed by atoms with van der Waals surface area (Å²) in [7, 11) is 0. The van der Waals surface area contributed by atoms with E-state index in [2.05, 4.69) is 207 Å². The van der Waals surface area contributed by atoms with Crippen molar-refractivity contribution >= 4 is 93.0 Å². The molecule has 2 aromatic heterocycles. The van der Waals surface area contributed by atoms with Gasteiger partial charge in [0.1, 0.15) is 11.5 Å². The van der Waals surface area contributed by atoms with Crippen molar-refractivity contribution in [3.63, 3.8) is 0 Å². The van der Waals surface area contributed by atoms with Crippen molar-refractivity contribution < 1.29 is 19.1 Å². The third-order valence-electron chi connectivity index (χ3n) is 11.4. The molecule has 0 aliphatic carbocycles. The number of hydrogen-bond donors (Lipinski definition) is 0. The van der Waals surface area contributed by atoms with E-state index in [1.165, 1.54) is 30.6 Å². The van der Waals surface area contributed by atoms with E-state index < -0.39 is 11.9 Å². The average molecular weight is 949 g/mol. The van der Waals surface area contributed by atoms with Crippen LogP contribution in [0, 0.1) is 13.8 Å². The third kappa shape index (κ3) is 11.4. The lowest BCUT2D eigenvalue weighted by molar-refractivity contribution is -0.129. The van der Waals surface area contributed by atoms with Gasteiger partial charge >= 0.3 is 11.9 Å². The molecule has 8 heteroatoms. The molecule has 6 nitrogen and oxygen atoms in total. The van der Waals surface area contributed by atoms with Crippen LogP contribution in [0.5, 0.6) is 11.5 Å². The molecule has 0 aliphatic rings. The maximum absolute atomic E-state index is 11.7. The maximum Gasteiger partial charge on any atom is 0.335 e. The molecular formula is C62H48N2O4S2. The molecule has 0 radical (unpaired) electrons. The number of carbonyl (C=O) groups excluding carboxylic acids is 2. The zero-order valence-corrected chi connectivity index (χ0v) is 40.3. The molecule has 0 unspecified atom stereocenters. The van der Waals surface area contributed by atoms with Gasteiger partial charge in [0.2, 0.25) is 0 Å². The zero-order chi connectivity index (χ0) is 48.4. The van der Waals surface area contributed by atoms with Gasteiger partial charge in [-0.25, -0.2) is 9.59 Å². The van der Waals surface area contributed by atoms with E-state index in [-0.39, 0.29) is 0 Å². The molecule has 7 aromatic carbocycles. The van der Waals surface area contributed by atoms with Gasteiger partial charge < -0.3 is 19.3 Å². The van der Waals surface area contributed by atoms with E-state index in [9.17, 15) is 9.59 Å². The van der Waals surface area contributed by atoms with Crippen LogP contribution in [0.25, 0.3) is 45.2 Å². The number of aryl methyl sites for hydroxylation is 2. The van der Waals surface area contributed by atoms with Crippen LogP contribution in [0.4, 0.5) is 34.1 Å². The summed E-state index contributed by atoms with van der Waals surface area (Å²) >= 11 is 3.52. The fourth-order valence-corrected chi connectivity index (χ4v) is 9.58. The molecule has 9 rings (SSSR count). The molecule has 0 N–H and O–H groups in total. The number of ether oxygens (including phenoxy) is 2. The Labute approximate surface area is 417 Å². The van der Waals surface area contributed by atoms with E-state index in [1.54, 1.807) is 46.9 Å². The van der Waals surface area contributed by atoms with Crippen molar-refractivity contribution in [3.05, 3.63) is 251 Å². The van der Waals surface area contributed by atoms with E-state index in [4.69, 9.17) is 9.47 Å². The van der Waals surface area contributed by atoms with Crippen molar-refractivity contribution in [2.45, 2.75) is 13.8 Å². The smallest absolute Gasteiger partial charge is 0.335 e. The van der Waals surface area contributed by atoms with Gasteiger partial charge in [0.15, 0.2) is 0 Å². The van der Waals surface area contributed by atoms with Crippen LogP contribution in [-0.4, -0.2) is 11.9 Å². The number of benzene rings is 7. The molecule has 70 heavy (non-hydrogen) atoms. The van der Waals surface area contributed by atoms with E-state index in [0.29, 0.717) is 11.5 Å². The Kier molecular flexibility index (Phi) is 14.4. The Morgan fingerprint density at radius 1 is 0.386 bits per heavy atom. The fraction of sp³-hybridized carbons (Fsp3) is 0.0323. The molecule has 342 valence electrons. The maximum atomic E-state index is 11.7. The Bertz CT molecular complexity index is 3080. The molecule has 9 aromatic rings. The lowest BCUT2D eigenvalue weighted by atomic mass is 10.1. The SMILES string of the molecule is C=CC(=O)Oc1ccc(N(c2ccc(C)cc2)c2ccc(-c3ccc(C=Cc4ccc(C=Cc5ccc(-c6ccc(N(c7ccc(C)cc7)c7ccc(OC(=O)C=C)cc7)cc6)s5)cc4)s3)cc2)cc1. The van der Waals surface area contributed by atoms with Crippen LogP contribution >= 0.6 is 22.7 Å². The highest BCUT2D eigenvalue weighted by Gasteiger charge is 2.16. The Morgan fingerprint density at radius 2 is 0.686 bits per heavy atom. The van der Waals surface area contributed by atoms with E-state index in [1.807, 2.05) is 24.3 Å². The lowest BCUT2D eigenvalue weighted by Gasteiger charge is -2.26. The molecule has 0 atom stereocenters.